The van der Waals surface area contributed by atoms with Gasteiger partial charge in [-0.05, 0) is 42.5 Å². The quantitative estimate of drug-likeness (QED) is 0.521. The van der Waals surface area contributed by atoms with Crippen molar-refractivity contribution < 1.29 is 22.7 Å². The number of ether oxygens (including phenoxy) is 1. The van der Waals surface area contributed by atoms with Gasteiger partial charge >= 0.3 is 0 Å². The molecule has 0 saturated carbocycles. The van der Waals surface area contributed by atoms with E-state index in [9.17, 15) is 18.0 Å². The van der Waals surface area contributed by atoms with E-state index in [-0.39, 0.29) is 17.2 Å². The summed E-state index contributed by atoms with van der Waals surface area (Å²) in [4.78, 5) is 25.3. The Morgan fingerprint density at radius 2 is 1.48 bits per heavy atom. The molecule has 0 aliphatic rings. The summed E-state index contributed by atoms with van der Waals surface area (Å²) >= 11 is 0. The van der Waals surface area contributed by atoms with Gasteiger partial charge in [0.15, 0.2) is 0 Å². The fraction of sp³-hybridized carbons (Fsp3) is 0.0909. The topological polar surface area (TPSA) is 114 Å². The molecule has 2 amide bonds. The van der Waals surface area contributed by atoms with E-state index >= 15 is 0 Å². The number of hydrogen-bond acceptors (Lipinski definition) is 5. The molecule has 160 valence electrons. The first kappa shape index (κ1) is 21.8. The summed E-state index contributed by atoms with van der Waals surface area (Å²) < 4.78 is 30.7. The molecule has 3 N–H and O–H groups in total. The summed E-state index contributed by atoms with van der Waals surface area (Å²) in [7, 11) is -2.13. The van der Waals surface area contributed by atoms with Crippen molar-refractivity contribution in [3.63, 3.8) is 0 Å². The maximum absolute atomic E-state index is 12.9. The van der Waals surface area contributed by atoms with Gasteiger partial charge in [0.05, 0.1) is 30.3 Å². The van der Waals surface area contributed by atoms with E-state index in [4.69, 9.17) is 4.74 Å². The molecule has 3 aromatic rings. The molecule has 0 aliphatic carbocycles. The van der Waals surface area contributed by atoms with Gasteiger partial charge < -0.3 is 15.4 Å². The number of methoxy groups -OCH3 is 1. The molecule has 0 spiro atoms. The molecule has 3 rings (SSSR count). The molecule has 0 aromatic heterocycles. The van der Waals surface area contributed by atoms with Gasteiger partial charge in [-0.2, -0.15) is 0 Å². The van der Waals surface area contributed by atoms with Gasteiger partial charge in [-0.3, -0.25) is 14.3 Å². The third kappa shape index (κ3) is 5.83. The lowest BCUT2D eigenvalue weighted by molar-refractivity contribution is 0.102. The second kappa shape index (κ2) is 9.31. The lowest BCUT2D eigenvalue weighted by Crippen LogP contribution is -2.18. The van der Waals surface area contributed by atoms with Crippen LogP contribution in [-0.2, 0) is 10.0 Å². The number of rotatable bonds is 7. The molecule has 0 bridgehead atoms. The molecule has 0 saturated heterocycles. The number of amides is 2. The number of anilines is 3. The van der Waals surface area contributed by atoms with Crippen molar-refractivity contribution in [1.29, 1.82) is 0 Å². The van der Waals surface area contributed by atoms with E-state index in [0.717, 1.165) is 6.26 Å². The van der Waals surface area contributed by atoms with Crippen molar-refractivity contribution in [2.24, 2.45) is 0 Å². The van der Waals surface area contributed by atoms with Crippen LogP contribution >= 0.6 is 0 Å². The Hall–Kier alpha value is -3.85. The zero-order chi connectivity index (χ0) is 22.4. The number of benzene rings is 3. The molecule has 31 heavy (non-hydrogen) atoms. The zero-order valence-electron chi connectivity index (χ0n) is 16.9. The molecule has 0 fully saturated rings. The first-order valence-corrected chi connectivity index (χ1v) is 11.1. The van der Waals surface area contributed by atoms with Crippen LogP contribution in [0.5, 0.6) is 5.75 Å². The number of nitrogens with one attached hydrogen (secondary N) is 3. The molecule has 0 heterocycles. The van der Waals surface area contributed by atoms with E-state index in [1.54, 1.807) is 60.7 Å². The maximum atomic E-state index is 12.9. The fourth-order valence-electron chi connectivity index (χ4n) is 2.84. The number of carbonyl (C=O) groups is 2. The van der Waals surface area contributed by atoms with Gasteiger partial charge in [-0.15, -0.1) is 0 Å². The minimum absolute atomic E-state index is 0.188. The highest BCUT2D eigenvalue weighted by Gasteiger charge is 2.16. The lowest BCUT2D eigenvalue weighted by atomic mass is 10.1. The van der Waals surface area contributed by atoms with Crippen LogP contribution < -0.4 is 20.1 Å². The van der Waals surface area contributed by atoms with Gasteiger partial charge in [-0.25, -0.2) is 8.42 Å². The Kier molecular flexibility index (Phi) is 6.56. The largest absolute Gasteiger partial charge is 0.495 e. The Bertz CT molecular complexity index is 1210. The molecule has 8 nitrogen and oxygen atoms in total. The molecule has 9 heteroatoms. The first-order valence-electron chi connectivity index (χ1n) is 9.19. The fourth-order valence-corrected chi connectivity index (χ4v) is 3.40. The molecular formula is C22H21N3O5S. The average molecular weight is 439 g/mol. The van der Waals surface area contributed by atoms with Crippen LogP contribution in [-0.4, -0.2) is 33.6 Å². The van der Waals surface area contributed by atoms with Gasteiger partial charge in [0.2, 0.25) is 10.0 Å². The van der Waals surface area contributed by atoms with Crippen molar-refractivity contribution in [2.75, 3.05) is 28.7 Å². The molecule has 0 radical (unpaired) electrons. The highest BCUT2D eigenvalue weighted by molar-refractivity contribution is 7.92. The summed E-state index contributed by atoms with van der Waals surface area (Å²) in [5.41, 5.74) is 1.59. The van der Waals surface area contributed by atoms with Crippen LogP contribution in [0.25, 0.3) is 0 Å². The van der Waals surface area contributed by atoms with Crippen LogP contribution in [0, 0.1) is 0 Å². The van der Waals surface area contributed by atoms with Crippen LogP contribution in [0.15, 0.2) is 72.8 Å². The van der Waals surface area contributed by atoms with Gasteiger partial charge in [0.25, 0.3) is 11.8 Å². The molecule has 0 aliphatic heterocycles. The predicted molar refractivity (Wildman–Crippen MR) is 120 cm³/mol. The van der Waals surface area contributed by atoms with Gasteiger partial charge in [-0.1, -0.05) is 30.3 Å². The average Bonchev–Trinajstić information content (AvgIpc) is 2.74. The first-order chi connectivity index (χ1) is 14.8. The lowest BCUT2D eigenvalue weighted by Gasteiger charge is -2.14. The van der Waals surface area contributed by atoms with Crippen molar-refractivity contribution in [1.82, 2.24) is 0 Å². The summed E-state index contributed by atoms with van der Waals surface area (Å²) in [6.45, 7) is 0. The van der Waals surface area contributed by atoms with Crippen LogP contribution in [0.2, 0.25) is 0 Å². The highest BCUT2D eigenvalue weighted by Crippen LogP contribution is 2.29. The van der Waals surface area contributed by atoms with Crippen LogP contribution in [0.3, 0.4) is 0 Å². The normalized spacial score (nSPS) is 10.8. The number of hydrogen-bond donors (Lipinski definition) is 3. The third-order valence-corrected chi connectivity index (χ3v) is 4.80. The summed E-state index contributed by atoms with van der Waals surface area (Å²) in [5, 5.41) is 5.45. The second-order valence-electron chi connectivity index (χ2n) is 6.61. The SMILES string of the molecule is COc1ccc(NC(=O)c2ccccc2NC(=O)c2ccccc2)cc1NS(C)(=O)=O. The minimum Gasteiger partial charge on any atom is -0.495 e. The predicted octanol–water partition coefficient (Wildman–Crippen LogP) is 3.57. The van der Waals surface area contributed by atoms with Crippen LogP contribution in [0.4, 0.5) is 17.1 Å². The third-order valence-electron chi connectivity index (χ3n) is 4.21. The van der Waals surface area contributed by atoms with E-state index in [1.807, 2.05) is 0 Å². The summed E-state index contributed by atoms with van der Waals surface area (Å²) in [6.07, 6.45) is 1.02. The zero-order valence-corrected chi connectivity index (χ0v) is 17.7. The van der Waals surface area contributed by atoms with E-state index in [1.165, 1.54) is 19.2 Å². The monoisotopic (exact) mass is 439 g/mol. The smallest absolute Gasteiger partial charge is 0.257 e. The molecule has 0 atom stereocenters. The Balaban J connectivity index is 1.83. The Labute approximate surface area is 180 Å². The Morgan fingerprint density at radius 3 is 2.16 bits per heavy atom. The maximum Gasteiger partial charge on any atom is 0.257 e. The molecule has 0 unspecified atom stereocenters. The molecular weight excluding hydrogens is 418 g/mol. The van der Waals surface area contributed by atoms with Crippen molar-refractivity contribution in [3.05, 3.63) is 83.9 Å². The highest BCUT2D eigenvalue weighted by atomic mass is 32.2. The number of carbonyl (C=O) groups excluding carboxylic acids is 2. The standard InChI is InChI=1S/C22H21N3O5S/c1-30-20-13-12-16(14-19(20)25-31(2,28)29)23-22(27)17-10-6-7-11-18(17)24-21(26)15-8-4-3-5-9-15/h3-14,25H,1-2H3,(H,23,27)(H,24,26). The number of para-hydroxylation sites is 1. The number of sulfonamides is 1. The van der Waals surface area contributed by atoms with Gasteiger partial charge in [0, 0.05) is 11.3 Å². The van der Waals surface area contributed by atoms with Crippen LogP contribution in [0.1, 0.15) is 20.7 Å². The summed E-state index contributed by atoms with van der Waals surface area (Å²) in [5.74, 6) is -0.511. The van der Waals surface area contributed by atoms with Crippen molar-refractivity contribution in [3.8, 4) is 5.75 Å². The van der Waals surface area contributed by atoms with E-state index in [2.05, 4.69) is 15.4 Å². The van der Waals surface area contributed by atoms with Crippen molar-refractivity contribution in [2.45, 2.75) is 0 Å². The Morgan fingerprint density at radius 1 is 0.806 bits per heavy atom. The summed E-state index contributed by atoms with van der Waals surface area (Å²) in [6, 6.07) is 19.8. The van der Waals surface area contributed by atoms with E-state index in [0.29, 0.717) is 22.7 Å². The minimum atomic E-state index is -3.54. The van der Waals surface area contributed by atoms with Crippen molar-refractivity contribution >= 4 is 38.9 Å². The molecule has 3 aromatic carbocycles. The second-order valence-corrected chi connectivity index (χ2v) is 8.36. The van der Waals surface area contributed by atoms with E-state index < -0.39 is 15.9 Å². The van der Waals surface area contributed by atoms with Gasteiger partial charge in [0.1, 0.15) is 5.75 Å².